The zero-order valence-corrected chi connectivity index (χ0v) is 10.7. The van der Waals surface area contributed by atoms with Crippen LogP contribution in [-0.2, 0) is 6.42 Å². The number of nitro groups is 1. The van der Waals surface area contributed by atoms with Crippen molar-refractivity contribution in [3.63, 3.8) is 0 Å². The van der Waals surface area contributed by atoms with Crippen molar-refractivity contribution >= 4 is 5.69 Å². The van der Waals surface area contributed by atoms with E-state index in [9.17, 15) is 10.1 Å². The molecule has 20 heavy (non-hydrogen) atoms. The maximum absolute atomic E-state index is 10.6. The fraction of sp³-hybridized carbons (Fsp3) is 0.133. The van der Waals surface area contributed by atoms with Crippen molar-refractivity contribution in [2.24, 2.45) is 0 Å². The van der Waals surface area contributed by atoms with Gasteiger partial charge in [-0.15, -0.1) is 0 Å². The highest BCUT2D eigenvalue weighted by Gasteiger charge is 2.06. The molecule has 0 saturated carbocycles. The molecule has 0 aromatic heterocycles. The molecule has 2 aromatic carbocycles. The highest BCUT2D eigenvalue weighted by Crippen LogP contribution is 2.19. The number of nitrogens with zero attached hydrogens (tertiary/aromatic N) is 2. The molecule has 0 aliphatic carbocycles. The van der Waals surface area contributed by atoms with Gasteiger partial charge in [0.05, 0.1) is 29.2 Å². The third-order valence-electron chi connectivity index (χ3n) is 2.77. The Morgan fingerprint density at radius 1 is 1.20 bits per heavy atom. The number of benzene rings is 2. The molecule has 0 N–H and O–H groups in total. The minimum atomic E-state index is -0.451. The Balaban J connectivity index is 1.90. The van der Waals surface area contributed by atoms with Crippen LogP contribution in [0.2, 0.25) is 0 Å². The van der Waals surface area contributed by atoms with Gasteiger partial charge in [-0.3, -0.25) is 10.1 Å². The van der Waals surface area contributed by atoms with Gasteiger partial charge in [0.1, 0.15) is 5.75 Å². The zero-order chi connectivity index (χ0) is 14.4. The zero-order valence-electron chi connectivity index (χ0n) is 10.7. The van der Waals surface area contributed by atoms with Crippen molar-refractivity contribution in [3.05, 3.63) is 69.8 Å². The van der Waals surface area contributed by atoms with Gasteiger partial charge in [-0.25, -0.2) is 0 Å². The molecule has 2 aromatic rings. The van der Waals surface area contributed by atoms with Gasteiger partial charge in [0.15, 0.2) is 0 Å². The van der Waals surface area contributed by atoms with Crippen molar-refractivity contribution < 1.29 is 9.66 Å². The van der Waals surface area contributed by atoms with Crippen LogP contribution in [0.3, 0.4) is 0 Å². The summed E-state index contributed by atoms with van der Waals surface area (Å²) in [5.74, 6) is 0.479. The summed E-state index contributed by atoms with van der Waals surface area (Å²) in [4.78, 5) is 10.2. The van der Waals surface area contributed by atoms with Crippen LogP contribution >= 0.6 is 0 Å². The third kappa shape index (κ3) is 3.56. The van der Waals surface area contributed by atoms with E-state index in [0.717, 1.165) is 5.56 Å². The summed E-state index contributed by atoms with van der Waals surface area (Å²) in [6, 6.07) is 15.4. The molecule has 0 atom stereocenters. The first-order valence-corrected chi connectivity index (χ1v) is 6.05. The molecular formula is C15H12N2O3. The second kappa shape index (κ2) is 6.34. The Hall–Kier alpha value is -2.87. The molecule has 100 valence electrons. The maximum atomic E-state index is 10.6. The SMILES string of the molecule is N#Cc1ccc(CCOc2cccc([N+](=O)[O-])c2)cc1. The molecule has 5 heteroatoms. The fourth-order valence-electron chi connectivity index (χ4n) is 1.72. The van der Waals surface area contributed by atoms with Crippen LogP contribution < -0.4 is 4.74 Å². The van der Waals surface area contributed by atoms with Gasteiger partial charge in [-0.2, -0.15) is 5.26 Å². The molecule has 0 radical (unpaired) electrons. The van der Waals surface area contributed by atoms with E-state index in [1.807, 2.05) is 12.1 Å². The molecule has 0 aliphatic heterocycles. The van der Waals surface area contributed by atoms with Gasteiger partial charge in [0.2, 0.25) is 0 Å². The van der Waals surface area contributed by atoms with Crippen LogP contribution in [0.1, 0.15) is 11.1 Å². The number of rotatable bonds is 5. The predicted molar refractivity (Wildman–Crippen MR) is 73.5 cm³/mol. The summed E-state index contributed by atoms with van der Waals surface area (Å²) in [5.41, 5.74) is 1.68. The summed E-state index contributed by atoms with van der Waals surface area (Å²) >= 11 is 0. The van der Waals surface area contributed by atoms with E-state index < -0.39 is 4.92 Å². The van der Waals surface area contributed by atoms with Crippen LogP contribution in [0, 0.1) is 21.4 Å². The molecule has 5 nitrogen and oxygen atoms in total. The van der Waals surface area contributed by atoms with E-state index in [1.54, 1.807) is 24.3 Å². The van der Waals surface area contributed by atoms with Crippen molar-refractivity contribution in [1.29, 1.82) is 5.26 Å². The number of non-ortho nitro benzene ring substituents is 1. The monoisotopic (exact) mass is 268 g/mol. The first kappa shape index (κ1) is 13.6. The van der Waals surface area contributed by atoms with Gasteiger partial charge in [0, 0.05) is 12.5 Å². The van der Waals surface area contributed by atoms with Crippen LogP contribution in [0.4, 0.5) is 5.69 Å². The average molecular weight is 268 g/mol. The predicted octanol–water partition coefficient (Wildman–Crippen LogP) is 3.09. The molecule has 0 saturated heterocycles. The average Bonchev–Trinajstić information content (AvgIpc) is 2.48. The minimum absolute atomic E-state index is 0.0147. The molecule has 2 rings (SSSR count). The lowest BCUT2D eigenvalue weighted by atomic mass is 10.1. The van der Waals surface area contributed by atoms with Crippen molar-refractivity contribution in [2.45, 2.75) is 6.42 Å². The van der Waals surface area contributed by atoms with E-state index in [1.165, 1.54) is 12.1 Å². The van der Waals surface area contributed by atoms with Crippen LogP contribution in [-0.4, -0.2) is 11.5 Å². The number of nitro benzene ring substituents is 1. The fourth-order valence-corrected chi connectivity index (χ4v) is 1.72. The number of nitriles is 1. The van der Waals surface area contributed by atoms with Crippen LogP contribution in [0.25, 0.3) is 0 Å². The van der Waals surface area contributed by atoms with E-state index in [0.29, 0.717) is 24.3 Å². The Kier molecular flexibility index (Phi) is 4.30. The molecule has 0 aliphatic rings. The lowest BCUT2D eigenvalue weighted by Gasteiger charge is -2.06. The Labute approximate surface area is 116 Å². The summed E-state index contributed by atoms with van der Waals surface area (Å²) in [6.07, 6.45) is 0.675. The van der Waals surface area contributed by atoms with E-state index in [4.69, 9.17) is 10.00 Å². The summed E-state index contributed by atoms with van der Waals surface area (Å²) in [6.45, 7) is 0.424. The molecule has 0 fully saturated rings. The first-order valence-electron chi connectivity index (χ1n) is 6.05. The number of hydrogen-bond acceptors (Lipinski definition) is 4. The Bertz CT molecular complexity index is 645. The smallest absolute Gasteiger partial charge is 0.273 e. The molecule has 0 spiro atoms. The van der Waals surface area contributed by atoms with E-state index >= 15 is 0 Å². The van der Waals surface area contributed by atoms with Gasteiger partial charge >= 0.3 is 0 Å². The van der Waals surface area contributed by atoms with Crippen LogP contribution in [0.5, 0.6) is 5.75 Å². The Morgan fingerprint density at radius 2 is 1.95 bits per heavy atom. The Morgan fingerprint density at radius 3 is 2.60 bits per heavy atom. The van der Waals surface area contributed by atoms with Crippen LogP contribution in [0.15, 0.2) is 48.5 Å². The molecule has 0 bridgehead atoms. The quantitative estimate of drug-likeness (QED) is 0.616. The normalized spacial score (nSPS) is 9.75. The largest absolute Gasteiger partial charge is 0.493 e. The highest BCUT2D eigenvalue weighted by atomic mass is 16.6. The second-order valence-corrected chi connectivity index (χ2v) is 4.16. The summed E-state index contributed by atoms with van der Waals surface area (Å²) in [7, 11) is 0. The van der Waals surface area contributed by atoms with Gasteiger partial charge in [-0.1, -0.05) is 18.2 Å². The number of hydrogen-bond donors (Lipinski definition) is 0. The lowest BCUT2D eigenvalue weighted by molar-refractivity contribution is -0.384. The summed E-state index contributed by atoms with van der Waals surface area (Å²) in [5, 5.41) is 19.3. The van der Waals surface area contributed by atoms with Crippen molar-refractivity contribution in [2.75, 3.05) is 6.61 Å². The van der Waals surface area contributed by atoms with Crippen molar-refractivity contribution in [1.82, 2.24) is 0 Å². The van der Waals surface area contributed by atoms with E-state index in [-0.39, 0.29) is 5.69 Å². The van der Waals surface area contributed by atoms with Gasteiger partial charge < -0.3 is 4.74 Å². The third-order valence-corrected chi connectivity index (χ3v) is 2.77. The summed E-state index contributed by atoms with van der Waals surface area (Å²) < 4.78 is 5.49. The lowest BCUT2D eigenvalue weighted by Crippen LogP contribution is -2.01. The molecule has 0 unspecified atom stereocenters. The molecule has 0 heterocycles. The highest BCUT2D eigenvalue weighted by molar-refractivity contribution is 5.38. The van der Waals surface area contributed by atoms with Gasteiger partial charge in [-0.05, 0) is 23.8 Å². The first-order chi connectivity index (χ1) is 9.69. The van der Waals surface area contributed by atoms with E-state index in [2.05, 4.69) is 6.07 Å². The van der Waals surface area contributed by atoms with Gasteiger partial charge in [0.25, 0.3) is 5.69 Å². The second-order valence-electron chi connectivity index (χ2n) is 4.16. The topological polar surface area (TPSA) is 76.2 Å². The number of ether oxygens (including phenoxy) is 1. The molecule has 0 amide bonds. The maximum Gasteiger partial charge on any atom is 0.273 e. The standard InChI is InChI=1S/C15H12N2O3/c16-11-13-6-4-12(5-7-13)8-9-20-15-3-1-2-14(10-15)17(18)19/h1-7,10H,8-9H2. The molecular weight excluding hydrogens is 256 g/mol. The minimum Gasteiger partial charge on any atom is -0.493 e. The van der Waals surface area contributed by atoms with Crippen molar-refractivity contribution in [3.8, 4) is 11.8 Å².